The van der Waals surface area contributed by atoms with Crippen LogP contribution in [-0.4, -0.2) is 65.8 Å². The third-order valence-corrected chi connectivity index (χ3v) is 4.40. The predicted octanol–water partition coefficient (Wildman–Crippen LogP) is 1.48. The summed E-state index contributed by atoms with van der Waals surface area (Å²) >= 11 is 0. The van der Waals surface area contributed by atoms with E-state index in [2.05, 4.69) is 32.0 Å². The lowest BCUT2D eigenvalue weighted by Gasteiger charge is -2.36. The first-order valence-electron chi connectivity index (χ1n) is 9.12. The van der Waals surface area contributed by atoms with Gasteiger partial charge in [0.25, 0.3) is 0 Å². The molecule has 0 atom stereocenters. The number of aromatic nitrogens is 2. The van der Waals surface area contributed by atoms with Gasteiger partial charge >= 0.3 is 0 Å². The number of nitrogens with one attached hydrogen (secondary N) is 1. The number of benzene rings is 1. The number of anilines is 1. The lowest BCUT2D eigenvalue weighted by Crippen LogP contribution is -2.52. The summed E-state index contributed by atoms with van der Waals surface area (Å²) in [4.78, 5) is 17.8. The van der Waals surface area contributed by atoms with Gasteiger partial charge in [0.05, 0.1) is 13.7 Å². The Bertz CT molecular complexity index is 760. The van der Waals surface area contributed by atoms with Crippen LogP contribution in [0.15, 0.2) is 41.7 Å². The molecule has 2 N–H and O–H groups in total. The average molecular weight is 370 g/mol. The van der Waals surface area contributed by atoms with Gasteiger partial charge in [0.2, 0.25) is 5.95 Å². The smallest absolute Gasteiger partial charge is 0.225 e. The molecule has 0 spiro atoms. The summed E-state index contributed by atoms with van der Waals surface area (Å²) in [7, 11) is 1.54. The first-order valence-corrected chi connectivity index (χ1v) is 9.12. The van der Waals surface area contributed by atoms with Crippen molar-refractivity contribution in [2.45, 2.75) is 13.5 Å². The minimum absolute atomic E-state index is 0.131. The summed E-state index contributed by atoms with van der Waals surface area (Å²) in [6, 6.07) is 7.19. The normalized spacial score (nSPS) is 15.0. The van der Waals surface area contributed by atoms with Gasteiger partial charge in [-0.2, -0.15) is 0 Å². The SMILES string of the molecule is CCNC(=NCc1ccc(OC)c(O)c1)N1CCN(c2ncccn2)CC1. The molecule has 0 amide bonds. The summed E-state index contributed by atoms with van der Waals surface area (Å²) in [5, 5.41) is 13.3. The van der Waals surface area contributed by atoms with Crippen molar-refractivity contribution in [3.05, 3.63) is 42.2 Å². The Hall–Kier alpha value is -3.03. The van der Waals surface area contributed by atoms with Gasteiger partial charge in [-0.1, -0.05) is 6.07 Å². The quantitative estimate of drug-likeness (QED) is 0.609. The molecule has 1 aromatic heterocycles. The summed E-state index contributed by atoms with van der Waals surface area (Å²) in [6.07, 6.45) is 3.54. The molecule has 0 unspecified atom stereocenters. The van der Waals surface area contributed by atoms with E-state index in [0.717, 1.165) is 50.2 Å². The molecule has 144 valence electrons. The average Bonchev–Trinajstić information content (AvgIpc) is 2.72. The van der Waals surface area contributed by atoms with Crippen molar-refractivity contribution in [3.63, 3.8) is 0 Å². The first kappa shape index (κ1) is 18.8. The van der Waals surface area contributed by atoms with E-state index < -0.39 is 0 Å². The minimum Gasteiger partial charge on any atom is -0.504 e. The van der Waals surface area contributed by atoms with Crippen LogP contribution in [0.5, 0.6) is 11.5 Å². The van der Waals surface area contributed by atoms with Crippen molar-refractivity contribution < 1.29 is 9.84 Å². The van der Waals surface area contributed by atoms with Gasteiger partial charge in [-0.05, 0) is 30.7 Å². The van der Waals surface area contributed by atoms with Crippen LogP contribution in [-0.2, 0) is 6.54 Å². The third-order valence-electron chi connectivity index (χ3n) is 4.40. The molecule has 1 aliphatic rings. The Balaban J connectivity index is 1.63. The Morgan fingerprint density at radius 1 is 1.22 bits per heavy atom. The van der Waals surface area contributed by atoms with Crippen LogP contribution >= 0.6 is 0 Å². The number of rotatable bonds is 5. The van der Waals surface area contributed by atoms with E-state index in [4.69, 9.17) is 9.73 Å². The van der Waals surface area contributed by atoms with Crippen molar-refractivity contribution in [2.24, 2.45) is 4.99 Å². The number of nitrogens with zero attached hydrogens (tertiary/aromatic N) is 5. The van der Waals surface area contributed by atoms with Gasteiger partial charge in [-0.25, -0.2) is 15.0 Å². The van der Waals surface area contributed by atoms with Gasteiger partial charge in [-0.3, -0.25) is 0 Å². The standard InChI is InChI=1S/C19H26N6O2/c1-3-20-18(23-14-15-5-6-17(27-2)16(26)13-15)24-9-11-25(12-10-24)19-21-7-4-8-22-19/h4-8,13,26H,3,9-12,14H2,1-2H3,(H,20,23). The van der Waals surface area contributed by atoms with Crippen LogP contribution in [0.3, 0.4) is 0 Å². The molecular formula is C19H26N6O2. The molecule has 1 fully saturated rings. The maximum atomic E-state index is 9.93. The molecule has 0 aliphatic carbocycles. The fourth-order valence-electron chi connectivity index (χ4n) is 3.00. The largest absolute Gasteiger partial charge is 0.504 e. The Kier molecular flexibility index (Phi) is 6.30. The highest BCUT2D eigenvalue weighted by molar-refractivity contribution is 5.80. The number of phenols is 1. The third kappa shape index (κ3) is 4.78. The van der Waals surface area contributed by atoms with E-state index in [0.29, 0.717) is 12.3 Å². The van der Waals surface area contributed by atoms with Crippen LogP contribution in [0.25, 0.3) is 0 Å². The van der Waals surface area contributed by atoms with Gasteiger partial charge in [0.15, 0.2) is 17.5 Å². The fraction of sp³-hybridized carbons (Fsp3) is 0.421. The summed E-state index contributed by atoms with van der Waals surface area (Å²) < 4.78 is 5.08. The Labute approximate surface area is 159 Å². The number of hydrogen-bond donors (Lipinski definition) is 2. The number of hydrogen-bond acceptors (Lipinski definition) is 6. The van der Waals surface area contributed by atoms with Gasteiger partial charge in [0, 0.05) is 45.1 Å². The molecule has 8 nitrogen and oxygen atoms in total. The summed E-state index contributed by atoms with van der Waals surface area (Å²) in [5.74, 6) is 2.25. The van der Waals surface area contributed by atoms with E-state index in [1.807, 2.05) is 12.1 Å². The summed E-state index contributed by atoms with van der Waals surface area (Å²) in [5.41, 5.74) is 0.931. The van der Waals surface area contributed by atoms with Gasteiger partial charge in [0.1, 0.15) is 0 Å². The lowest BCUT2D eigenvalue weighted by molar-refractivity contribution is 0.369. The highest BCUT2D eigenvalue weighted by Crippen LogP contribution is 2.26. The number of phenolic OH excluding ortho intramolecular Hbond substituents is 1. The maximum Gasteiger partial charge on any atom is 0.225 e. The molecule has 1 saturated heterocycles. The highest BCUT2D eigenvalue weighted by atomic mass is 16.5. The van der Waals surface area contributed by atoms with Gasteiger partial charge in [-0.15, -0.1) is 0 Å². The molecule has 0 bridgehead atoms. The number of methoxy groups -OCH3 is 1. The van der Waals surface area contributed by atoms with E-state index in [1.54, 1.807) is 24.5 Å². The van der Waals surface area contributed by atoms with E-state index >= 15 is 0 Å². The van der Waals surface area contributed by atoms with Crippen molar-refractivity contribution in [1.29, 1.82) is 0 Å². The van der Waals surface area contributed by atoms with E-state index in [1.165, 1.54) is 7.11 Å². The van der Waals surface area contributed by atoms with Crippen molar-refractivity contribution >= 4 is 11.9 Å². The molecule has 1 aliphatic heterocycles. The second-order valence-corrected chi connectivity index (χ2v) is 6.20. The maximum absolute atomic E-state index is 9.93. The molecule has 0 radical (unpaired) electrons. The molecule has 27 heavy (non-hydrogen) atoms. The molecular weight excluding hydrogens is 344 g/mol. The summed E-state index contributed by atoms with van der Waals surface area (Å²) in [6.45, 7) is 6.73. The predicted molar refractivity (Wildman–Crippen MR) is 105 cm³/mol. The number of piperazine rings is 1. The second kappa shape index (κ2) is 9.07. The molecule has 3 rings (SSSR count). The van der Waals surface area contributed by atoms with Crippen molar-refractivity contribution in [1.82, 2.24) is 20.2 Å². The lowest BCUT2D eigenvalue weighted by atomic mass is 10.2. The zero-order valence-corrected chi connectivity index (χ0v) is 15.8. The van der Waals surface area contributed by atoms with E-state index in [-0.39, 0.29) is 5.75 Å². The topological polar surface area (TPSA) is 86.1 Å². The minimum atomic E-state index is 0.131. The Morgan fingerprint density at radius 2 is 1.96 bits per heavy atom. The molecule has 2 heterocycles. The molecule has 0 saturated carbocycles. The second-order valence-electron chi connectivity index (χ2n) is 6.20. The van der Waals surface area contributed by atoms with Crippen LogP contribution in [0.1, 0.15) is 12.5 Å². The molecule has 1 aromatic carbocycles. The zero-order chi connectivity index (χ0) is 19.1. The van der Waals surface area contributed by atoms with Crippen LogP contribution in [0, 0.1) is 0 Å². The monoisotopic (exact) mass is 370 g/mol. The number of ether oxygens (including phenoxy) is 1. The fourth-order valence-corrected chi connectivity index (χ4v) is 3.00. The van der Waals surface area contributed by atoms with Crippen LogP contribution in [0.4, 0.5) is 5.95 Å². The number of aromatic hydroxyl groups is 1. The van der Waals surface area contributed by atoms with Crippen LogP contribution in [0.2, 0.25) is 0 Å². The van der Waals surface area contributed by atoms with E-state index in [9.17, 15) is 5.11 Å². The Morgan fingerprint density at radius 3 is 2.59 bits per heavy atom. The molecule has 8 heteroatoms. The zero-order valence-electron chi connectivity index (χ0n) is 15.8. The number of guanidine groups is 1. The van der Waals surface area contributed by atoms with Crippen molar-refractivity contribution in [3.8, 4) is 11.5 Å². The van der Waals surface area contributed by atoms with Gasteiger partial charge < -0.3 is 25.0 Å². The number of aliphatic imine (C=N–C) groups is 1. The van der Waals surface area contributed by atoms with Crippen LogP contribution < -0.4 is 15.0 Å². The highest BCUT2D eigenvalue weighted by Gasteiger charge is 2.21. The first-order chi connectivity index (χ1) is 13.2. The van der Waals surface area contributed by atoms with Crippen molar-refractivity contribution in [2.75, 3.05) is 44.7 Å². The molecule has 2 aromatic rings.